The smallest absolute Gasteiger partial charge is 0.365 e. The van der Waals surface area contributed by atoms with Crippen LogP contribution in [-0.2, 0) is 34.0 Å². The van der Waals surface area contributed by atoms with Crippen molar-refractivity contribution in [2.24, 2.45) is 0 Å². The van der Waals surface area contributed by atoms with Crippen LogP contribution in [0.2, 0.25) is 0 Å². The van der Waals surface area contributed by atoms with E-state index in [1.807, 2.05) is 0 Å². The van der Waals surface area contributed by atoms with Gasteiger partial charge in [-0.2, -0.15) is 18.2 Å². The summed E-state index contributed by atoms with van der Waals surface area (Å²) >= 11 is 0. The van der Waals surface area contributed by atoms with Gasteiger partial charge in [0.2, 0.25) is 21.9 Å². The van der Waals surface area contributed by atoms with Gasteiger partial charge in [0.15, 0.2) is 0 Å². The summed E-state index contributed by atoms with van der Waals surface area (Å²) in [5.41, 5.74) is 2.21. The zero-order valence-corrected chi connectivity index (χ0v) is 20.4. The lowest BCUT2D eigenvalue weighted by Gasteiger charge is -2.22. The molecule has 1 aliphatic rings. The molecule has 9 nitrogen and oxygen atoms in total. The van der Waals surface area contributed by atoms with Gasteiger partial charge >= 0.3 is 6.18 Å². The van der Waals surface area contributed by atoms with Crippen LogP contribution in [-0.4, -0.2) is 37.6 Å². The van der Waals surface area contributed by atoms with Crippen LogP contribution in [0.5, 0.6) is 0 Å². The number of sulfonamides is 1. The molecular formula is C23H23F3N6O3S. The highest BCUT2D eigenvalue weighted by atomic mass is 32.2. The molecule has 3 aromatic rings. The fraction of sp³-hybridized carbons (Fsp3) is 0.261. The van der Waals surface area contributed by atoms with Gasteiger partial charge in [-0.25, -0.2) is 13.4 Å². The first-order valence-electron chi connectivity index (χ1n) is 10.7. The first kappa shape index (κ1) is 25.2. The molecular weight excluding hydrogens is 497 g/mol. The van der Waals surface area contributed by atoms with Gasteiger partial charge in [0, 0.05) is 19.8 Å². The number of anilines is 5. The van der Waals surface area contributed by atoms with Crippen LogP contribution in [0.15, 0.2) is 42.6 Å². The highest BCUT2D eigenvalue weighted by Crippen LogP contribution is 2.36. The maximum absolute atomic E-state index is 13.7. The number of amides is 1. The van der Waals surface area contributed by atoms with E-state index in [0.717, 1.165) is 21.7 Å². The third kappa shape index (κ3) is 5.35. The van der Waals surface area contributed by atoms with Crippen LogP contribution < -0.4 is 20.3 Å². The van der Waals surface area contributed by atoms with E-state index in [1.165, 1.54) is 7.05 Å². The predicted octanol–water partition coefficient (Wildman–Crippen LogP) is 4.05. The molecule has 2 aromatic carbocycles. The number of para-hydroxylation sites is 1. The molecule has 1 aromatic heterocycles. The number of carbonyl (C=O) groups excluding carboxylic acids is 1. The first-order valence-corrected chi connectivity index (χ1v) is 12.6. The van der Waals surface area contributed by atoms with Gasteiger partial charge in [-0.3, -0.25) is 9.10 Å². The Hall–Kier alpha value is -3.87. The van der Waals surface area contributed by atoms with Gasteiger partial charge in [-0.1, -0.05) is 24.3 Å². The average molecular weight is 521 g/mol. The zero-order chi connectivity index (χ0) is 26.3. The Bertz CT molecular complexity index is 1440. The second kappa shape index (κ2) is 9.30. The summed E-state index contributed by atoms with van der Waals surface area (Å²) in [6.45, 7) is 1.65. The van der Waals surface area contributed by atoms with E-state index in [-0.39, 0.29) is 24.8 Å². The monoisotopic (exact) mass is 520 g/mol. The van der Waals surface area contributed by atoms with Gasteiger partial charge in [0.05, 0.1) is 29.7 Å². The fourth-order valence-electron chi connectivity index (χ4n) is 3.73. The van der Waals surface area contributed by atoms with Crippen LogP contribution in [0.4, 0.5) is 42.0 Å². The summed E-state index contributed by atoms with van der Waals surface area (Å²) in [5.74, 6) is -0.787. The van der Waals surface area contributed by atoms with Crippen LogP contribution in [0.3, 0.4) is 0 Å². The number of carbonyl (C=O) groups is 1. The second-order valence-electron chi connectivity index (χ2n) is 8.36. The van der Waals surface area contributed by atoms with E-state index >= 15 is 0 Å². The number of alkyl halides is 3. The first-order chi connectivity index (χ1) is 16.8. The lowest BCUT2D eigenvalue weighted by molar-refractivity contribution is -0.137. The van der Waals surface area contributed by atoms with Crippen molar-refractivity contribution in [3.8, 4) is 0 Å². The molecule has 0 spiro atoms. The molecule has 0 unspecified atom stereocenters. The molecule has 1 aliphatic heterocycles. The molecule has 2 heterocycles. The standard InChI is InChI=1S/C23H23F3N6O3S/c1-13-7-8-15(18(9-13)32(2)36(3,34)35)11-27-21-16(23(24,25)26)12-28-22(31-21)29-17-6-4-5-14-10-19(33)30-20(14)17/h4-9,12H,10-11H2,1-3H3,(H,30,33)(H2,27,28,29,31). The van der Waals surface area contributed by atoms with Gasteiger partial charge in [-0.05, 0) is 35.7 Å². The third-order valence-corrected chi connectivity index (χ3v) is 6.82. The Morgan fingerprint density at radius 1 is 1.19 bits per heavy atom. The Morgan fingerprint density at radius 2 is 1.94 bits per heavy atom. The van der Waals surface area contributed by atoms with Crippen molar-refractivity contribution in [3.63, 3.8) is 0 Å². The van der Waals surface area contributed by atoms with E-state index in [2.05, 4.69) is 25.9 Å². The maximum atomic E-state index is 13.7. The number of fused-ring (bicyclic) bond motifs is 1. The Labute approximate surface area is 205 Å². The molecule has 0 aliphatic carbocycles. The Kier molecular flexibility index (Phi) is 6.52. The molecule has 0 bridgehead atoms. The highest BCUT2D eigenvalue weighted by Gasteiger charge is 2.35. The van der Waals surface area contributed by atoms with Crippen molar-refractivity contribution in [1.29, 1.82) is 0 Å². The van der Waals surface area contributed by atoms with Crippen molar-refractivity contribution in [1.82, 2.24) is 9.97 Å². The minimum Gasteiger partial charge on any atom is -0.365 e. The number of benzene rings is 2. The summed E-state index contributed by atoms with van der Waals surface area (Å²) in [6.07, 6.45) is -2.83. The Morgan fingerprint density at radius 3 is 2.64 bits per heavy atom. The SMILES string of the molecule is Cc1ccc(CNc2nc(Nc3cccc4c3NC(=O)C4)ncc2C(F)(F)F)c(N(C)S(C)(=O)=O)c1. The van der Waals surface area contributed by atoms with Crippen molar-refractivity contribution in [2.45, 2.75) is 26.1 Å². The van der Waals surface area contributed by atoms with Gasteiger partial charge in [0.25, 0.3) is 0 Å². The summed E-state index contributed by atoms with van der Waals surface area (Å²) in [5, 5.41) is 8.26. The van der Waals surface area contributed by atoms with Gasteiger partial charge < -0.3 is 16.0 Å². The average Bonchev–Trinajstić information content (AvgIpc) is 3.17. The highest BCUT2D eigenvalue weighted by molar-refractivity contribution is 7.92. The van der Waals surface area contributed by atoms with Crippen LogP contribution >= 0.6 is 0 Å². The quantitative estimate of drug-likeness (QED) is 0.430. The zero-order valence-electron chi connectivity index (χ0n) is 19.6. The normalized spacial score (nSPS) is 13.2. The predicted molar refractivity (Wildman–Crippen MR) is 131 cm³/mol. The number of hydrogen-bond acceptors (Lipinski definition) is 7. The summed E-state index contributed by atoms with van der Waals surface area (Å²) < 4.78 is 66.3. The molecule has 0 radical (unpaired) electrons. The summed E-state index contributed by atoms with van der Waals surface area (Å²) in [6, 6.07) is 10.1. The fourth-order valence-corrected chi connectivity index (χ4v) is 4.26. The largest absolute Gasteiger partial charge is 0.421 e. The van der Waals surface area contributed by atoms with Crippen molar-refractivity contribution in [2.75, 3.05) is 33.6 Å². The summed E-state index contributed by atoms with van der Waals surface area (Å²) in [7, 11) is -2.23. The van der Waals surface area contributed by atoms with E-state index < -0.39 is 27.6 Å². The molecule has 0 saturated carbocycles. The topological polar surface area (TPSA) is 116 Å². The van der Waals surface area contributed by atoms with E-state index in [0.29, 0.717) is 28.8 Å². The lowest BCUT2D eigenvalue weighted by atomic mass is 10.1. The molecule has 0 fully saturated rings. The van der Waals surface area contributed by atoms with E-state index in [9.17, 15) is 26.4 Å². The minimum atomic E-state index is -4.73. The van der Waals surface area contributed by atoms with E-state index in [4.69, 9.17) is 0 Å². The van der Waals surface area contributed by atoms with Gasteiger partial charge in [-0.15, -0.1) is 0 Å². The lowest BCUT2D eigenvalue weighted by Crippen LogP contribution is -2.26. The number of halogens is 3. The van der Waals surface area contributed by atoms with Crippen LogP contribution in [0.1, 0.15) is 22.3 Å². The maximum Gasteiger partial charge on any atom is 0.421 e. The van der Waals surface area contributed by atoms with E-state index in [1.54, 1.807) is 43.3 Å². The number of hydrogen-bond donors (Lipinski definition) is 3. The van der Waals surface area contributed by atoms with Gasteiger partial charge in [0.1, 0.15) is 11.4 Å². The molecule has 0 saturated heterocycles. The number of rotatable bonds is 7. The molecule has 190 valence electrons. The number of aromatic nitrogens is 2. The number of nitrogens with one attached hydrogen (secondary N) is 3. The van der Waals surface area contributed by atoms with Crippen LogP contribution in [0.25, 0.3) is 0 Å². The minimum absolute atomic E-state index is 0.113. The van der Waals surface area contributed by atoms with Crippen molar-refractivity contribution >= 4 is 44.8 Å². The van der Waals surface area contributed by atoms with Crippen molar-refractivity contribution in [3.05, 3.63) is 64.8 Å². The molecule has 4 rings (SSSR count). The molecule has 3 N–H and O–H groups in total. The van der Waals surface area contributed by atoms with Crippen molar-refractivity contribution < 1.29 is 26.4 Å². The molecule has 1 amide bonds. The molecule has 13 heteroatoms. The number of aryl methyl sites for hydroxylation is 1. The number of nitrogens with zero attached hydrogens (tertiary/aromatic N) is 3. The Balaban J connectivity index is 1.66. The van der Waals surface area contributed by atoms with Crippen LogP contribution in [0, 0.1) is 6.92 Å². The molecule has 0 atom stereocenters. The second-order valence-corrected chi connectivity index (χ2v) is 10.4. The summed E-state index contributed by atoms with van der Waals surface area (Å²) in [4.78, 5) is 19.6. The third-order valence-electron chi connectivity index (χ3n) is 5.63. The molecule has 36 heavy (non-hydrogen) atoms.